The Kier molecular flexibility index (Phi) is 5.03. The summed E-state index contributed by atoms with van der Waals surface area (Å²) in [5.41, 5.74) is 0.537. The van der Waals surface area contributed by atoms with E-state index in [9.17, 15) is 4.79 Å². The maximum absolute atomic E-state index is 10.8. The van der Waals surface area contributed by atoms with E-state index in [1.54, 1.807) is 6.92 Å². The molecule has 0 aromatic rings. The highest BCUT2D eigenvalue weighted by Gasteiger charge is 1.97. The van der Waals surface area contributed by atoms with Crippen LogP contribution in [0.1, 0.15) is 13.3 Å². The molecule has 0 radical (unpaired) electrons. The van der Waals surface area contributed by atoms with Crippen LogP contribution in [0.4, 0.5) is 0 Å². The van der Waals surface area contributed by atoms with Gasteiger partial charge in [-0.2, -0.15) is 0 Å². The van der Waals surface area contributed by atoms with Gasteiger partial charge in [-0.05, 0) is 13.3 Å². The van der Waals surface area contributed by atoms with Crippen LogP contribution in [0.25, 0.3) is 0 Å². The van der Waals surface area contributed by atoms with Gasteiger partial charge in [0.2, 0.25) is 5.91 Å². The summed E-state index contributed by atoms with van der Waals surface area (Å²) < 4.78 is 0. The Bertz CT molecular complexity index is 134. The number of nitrogens with one attached hydrogen (secondary N) is 1. The van der Waals surface area contributed by atoms with Gasteiger partial charge >= 0.3 is 0 Å². The average molecular weight is 162 g/mol. The van der Waals surface area contributed by atoms with E-state index in [0.717, 1.165) is 6.42 Å². The van der Waals surface area contributed by atoms with E-state index in [4.69, 9.17) is 11.6 Å². The Morgan fingerprint density at radius 3 is 2.70 bits per heavy atom. The second kappa shape index (κ2) is 5.30. The summed E-state index contributed by atoms with van der Waals surface area (Å²) in [5, 5.41) is 2.66. The molecule has 0 atom stereocenters. The van der Waals surface area contributed by atoms with Crippen LogP contribution in [0.2, 0.25) is 0 Å². The first-order valence-electron chi connectivity index (χ1n) is 3.18. The lowest BCUT2D eigenvalue weighted by Crippen LogP contribution is -2.24. The van der Waals surface area contributed by atoms with Crippen LogP contribution in [0.15, 0.2) is 12.2 Å². The average Bonchev–Trinajstić information content (AvgIpc) is 1.88. The lowest BCUT2D eigenvalue weighted by Gasteiger charge is -2.00. The van der Waals surface area contributed by atoms with Crippen molar-refractivity contribution in [2.75, 3.05) is 12.4 Å². The third-order valence-corrected chi connectivity index (χ3v) is 1.25. The van der Waals surface area contributed by atoms with Crippen molar-refractivity contribution in [2.45, 2.75) is 13.3 Å². The Morgan fingerprint density at radius 1 is 1.70 bits per heavy atom. The smallest absolute Gasteiger partial charge is 0.246 e. The van der Waals surface area contributed by atoms with Crippen LogP contribution < -0.4 is 5.32 Å². The molecule has 1 N–H and O–H groups in total. The van der Waals surface area contributed by atoms with Crippen molar-refractivity contribution in [3.63, 3.8) is 0 Å². The molecule has 10 heavy (non-hydrogen) atoms. The van der Waals surface area contributed by atoms with Crippen LogP contribution in [-0.2, 0) is 4.79 Å². The zero-order valence-electron chi connectivity index (χ0n) is 6.11. The summed E-state index contributed by atoms with van der Waals surface area (Å²) in [6.45, 7) is 5.80. The molecule has 3 heteroatoms. The van der Waals surface area contributed by atoms with E-state index in [1.165, 1.54) is 0 Å². The molecule has 0 aliphatic carbocycles. The number of hydrogen-bond donors (Lipinski definition) is 1. The van der Waals surface area contributed by atoms with E-state index in [1.807, 2.05) is 0 Å². The maximum atomic E-state index is 10.8. The van der Waals surface area contributed by atoms with Crippen molar-refractivity contribution in [2.24, 2.45) is 0 Å². The van der Waals surface area contributed by atoms with Crippen LogP contribution in [-0.4, -0.2) is 18.3 Å². The molecule has 0 heterocycles. The van der Waals surface area contributed by atoms with Crippen molar-refractivity contribution < 1.29 is 4.79 Å². The number of carbonyl (C=O) groups excluding carboxylic acids is 1. The molecule has 58 valence electrons. The highest BCUT2D eigenvalue weighted by atomic mass is 35.5. The first-order chi connectivity index (χ1) is 4.68. The lowest BCUT2D eigenvalue weighted by atomic mass is 10.3. The minimum Gasteiger partial charge on any atom is -0.352 e. The van der Waals surface area contributed by atoms with Gasteiger partial charge in [-0.3, -0.25) is 4.79 Å². The summed E-state index contributed by atoms with van der Waals surface area (Å²) >= 11 is 5.39. The fourth-order valence-electron chi connectivity index (χ4n) is 0.420. The van der Waals surface area contributed by atoms with Gasteiger partial charge < -0.3 is 5.32 Å². The molecule has 0 fully saturated rings. The fraction of sp³-hybridized carbons (Fsp3) is 0.571. The predicted octanol–water partition coefficient (Wildman–Crippen LogP) is 1.31. The molecule has 1 amide bonds. The van der Waals surface area contributed by atoms with Crippen LogP contribution in [0, 0.1) is 0 Å². The molecule has 0 aromatic heterocycles. The molecule has 0 unspecified atom stereocenters. The van der Waals surface area contributed by atoms with Crippen LogP contribution >= 0.6 is 11.6 Å². The topological polar surface area (TPSA) is 29.1 Å². The first kappa shape index (κ1) is 9.50. The molecule has 2 nitrogen and oxygen atoms in total. The molecule has 0 saturated carbocycles. The number of carbonyl (C=O) groups is 1. The summed E-state index contributed by atoms with van der Waals surface area (Å²) in [5.74, 6) is 0.487. The quantitative estimate of drug-likeness (QED) is 0.376. The summed E-state index contributed by atoms with van der Waals surface area (Å²) in [6.07, 6.45) is 0.806. The van der Waals surface area contributed by atoms with Gasteiger partial charge in [0.05, 0.1) is 0 Å². The Labute approximate surface area is 66.3 Å². The zero-order chi connectivity index (χ0) is 7.98. The largest absolute Gasteiger partial charge is 0.352 e. The molecule has 0 bridgehead atoms. The third kappa shape index (κ3) is 4.39. The zero-order valence-corrected chi connectivity index (χ0v) is 6.87. The van der Waals surface area contributed by atoms with E-state index >= 15 is 0 Å². The minimum absolute atomic E-state index is 0.0925. The van der Waals surface area contributed by atoms with E-state index in [2.05, 4.69) is 11.9 Å². The Balaban J connectivity index is 3.31. The molecule has 0 spiro atoms. The third-order valence-electron chi connectivity index (χ3n) is 0.984. The number of amides is 1. The number of rotatable bonds is 4. The van der Waals surface area contributed by atoms with Gasteiger partial charge in [0.1, 0.15) is 0 Å². The standard InChI is InChI=1S/C7H12ClNO/c1-6(2)7(10)9-5-3-4-8/h1,3-5H2,2H3,(H,9,10). The van der Waals surface area contributed by atoms with E-state index < -0.39 is 0 Å². The normalized spacial score (nSPS) is 9.00. The van der Waals surface area contributed by atoms with Crippen LogP contribution in [0.5, 0.6) is 0 Å². The Morgan fingerprint density at radius 2 is 2.30 bits per heavy atom. The van der Waals surface area contributed by atoms with Gasteiger partial charge in [-0.15, -0.1) is 11.6 Å². The monoisotopic (exact) mass is 161 g/mol. The summed E-state index contributed by atoms with van der Waals surface area (Å²) in [6, 6.07) is 0. The number of hydrogen-bond acceptors (Lipinski definition) is 1. The highest BCUT2D eigenvalue weighted by Crippen LogP contribution is 1.86. The van der Waals surface area contributed by atoms with E-state index in [-0.39, 0.29) is 5.91 Å². The number of halogens is 1. The van der Waals surface area contributed by atoms with Crippen molar-refractivity contribution in [1.82, 2.24) is 5.32 Å². The highest BCUT2D eigenvalue weighted by molar-refractivity contribution is 6.17. The SMILES string of the molecule is C=C(C)C(=O)NCCCCl. The lowest BCUT2D eigenvalue weighted by molar-refractivity contribution is -0.117. The van der Waals surface area contributed by atoms with Gasteiger partial charge in [0.15, 0.2) is 0 Å². The minimum atomic E-state index is -0.0925. The van der Waals surface area contributed by atoms with Gasteiger partial charge in [0.25, 0.3) is 0 Å². The molecule has 0 aliphatic rings. The summed E-state index contributed by atoms with van der Waals surface area (Å²) in [4.78, 5) is 10.8. The van der Waals surface area contributed by atoms with Gasteiger partial charge in [0, 0.05) is 18.0 Å². The second-order valence-corrected chi connectivity index (χ2v) is 2.46. The van der Waals surface area contributed by atoms with Crippen LogP contribution in [0.3, 0.4) is 0 Å². The molecule has 0 aliphatic heterocycles. The van der Waals surface area contributed by atoms with Gasteiger partial charge in [-0.1, -0.05) is 6.58 Å². The predicted molar refractivity (Wildman–Crippen MR) is 43.2 cm³/mol. The molecular weight excluding hydrogens is 150 g/mol. The maximum Gasteiger partial charge on any atom is 0.246 e. The summed E-state index contributed by atoms with van der Waals surface area (Å²) in [7, 11) is 0. The van der Waals surface area contributed by atoms with Crippen molar-refractivity contribution in [3.05, 3.63) is 12.2 Å². The fourth-order valence-corrected chi connectivity index (χ4v) is 0.553. The molecule has 0 saturated heterocycles. The first-order valence-corrected chi connectivity index (χ1v) is 3.71. The van der Waals surface area contributed by atoms with Gasteiger partial charge in [-0.25, -0.2) is 0 Å². The van der Waals surface area contributed by atoms with Crippen molar-refractivity contribution >= 4 is 17.5 Å². The van der Waals surface area contributed by atoms with E-state index in [0.29, 0.717) is 18.0 Å². The molecule has 0 aromatic carbocycles. The molecular formula is C7H12ClNO. The van der Waals surface area contributed by atoms with Crippen molar-refractivity contribution in [3.8, 4) is 0 Å². The molecule has 0 rings (SSSR count). The Hall–Kier alpha value is -0.500. The second-order valence-electron chi connectivity index (χ2n) is 2.08. The number of alkyl halides is 1. The van der Waals surface area contributed by atoms with Crippen molar-refractivity contribution in [1.29, 1.82) is 0 Å².